The highest BCUT2D eigenvalue weighted by molar-refractivity contribution is 6.02. The number of fused-ring (bicyclic) bond motifs is 3. The minimum absolute atomic E-state index is 0.0464. The average Bonchev–Trinajstić information content (AvgIpc) is 3.38. The van der Waals surface area contributed by atoms with Crippen LogP contribution in [0.25, 0.3) is 21.9 Å². The lowest BCUT2D eigenvalue weighted by molar-refractivity contribution is -0.0965. The van der Waals surface area contributed by atoms with E-state index >= 15 is 0 Å². The van der Waals surface area contributed by atoms with Crippen LogP contribution in [0.3, 0.4) is 0 Å². The van der Waals surface area contributed by atoms with Gasteiger partial charge in [0.05, 0.1) is 41.5 Å². The Bertz CT molecular complexity index is 1260. The molecular weight excluding hydrogens is 423 g/mol. The Morgan fingerprint density at radius 3 is 2.88 bits per heavy atom. The van der Waals surface area contributed by atoms with Crippen molar-refractivity contribution >= 4 is 21.9 Å². The number of hydrogen-bond acceptors (Lipinski definition) is 7. The van der Waals surface area contributed by atoms with Crippen LogP contribution in [0.1, 0.15) is 37.2 Å². The summed E-state index contributed by atoms with van der Waals surface area (Å²) in [6.45, 7) is 2.69. The Hall–Kier alpha value is -3.36. The molecule has 5 rings (SSSR count). The zero-order valence-electron chi connectivity index (χ0n) is 17.1. The Balaban J connectivity index is 1.65. The highest BCUT2D eigenvalue weighted by Gasteiger charge is 2.37. The maximum absolute atomic E-state index is 13.0. The molecule has 1 fully saturated rings. The number of halogens is 3. The van der Waals surface area contributed by atoms with Gasteiger partial charge in [-0.25, -0.2) is 4.98 Å². The third kappa shape index (κ3) is 3.61. The number of nitrogens with one attached hydrogen (secondary N) is 2. The Morgan fingerprint density at radius 1 is 1.31 bits per heavy atom. The molecule has 1 saturated heterocycles. The predicted octanol–water partition coefficient (Wildman–Crippen LogP) is 3.42. The number of hydrazine groups is 2. The van der Waals surface area contributed by atoms with Crippen molar-refractivity contribution in [3.05, 3.63) is 47.7 Å². The molecule has 1 aromatic carbocycles. The maximum atomic E-state index is 13.0. The summed E-state index contributed by atoms with van der Waals surface area (Å²) in [5.74, 6) is 0.602. The molecule has 2 aliphatic heterocycles. The largest absolute Gasteiger partial charge is 0.433 e. The van der Waals surface area contributed by atoms with E-state index in [1.165, 1.54) is 5.01 Å². The molecule has 0 unspecified atom stereocenters. The van der Waals surface area contributed by atoms with Crippen molar-refractivity contribution in [3.8, 4) is 6.07 Å². The van der Waals surface area contributed by atoms with Gasteiger partial charge >= 0.3 is 6.18 Å². The molecule has 2 aromatic heterocycles. The zero-order chi connectivity index (χ0) is 22.5. The number of ether oxygens (including phenoxy) is 1. The summed E-state index contributed by atoms with van der Waals surface area (Å²) in [6.07, 6.45) is -0.286. The molecule has 2 aliphatic rings. The number of pyridine rings is 1. The van der Waals surface area contributed by atoms with Gasteiger partial charge in [0.2, 0.25) is 0 Å². The fourth-order valence-electron chi connectivity index (χ4n) is 4.34. The first kappa shape index (κ1) is 20.5. The number of imidazole rings is 1. The van der Waals surface area contributed by atoms with E-state index in [2.05, 4.69) is 26.6 Å². The number of allylic oxidation sites excluding steroid dienone is 1. The summed E-state index contributed by atoms with van der Waals surface area (Å²) >= 11 is 0. The molecule has 3 aromatic rings. The number of benzene rings is 1. The molecule has 0 aliphatic carbocycles. The van der Waals surface area contributed by atoms with Crippen LogP contribution in [0.2, 0.25) is 0 Å². The third-order valence-corrected chi connectivity index (χ3v) is 5.78. The van der Waals surface area contributed by atoms with Crippen molar-refractivity contribution < 1.29 is 17.9 Å². The van der Waals surface area contributed by atoms with Gasteiger partial charge in [0, 0.05) is 24.2 Å². The number of nitriles is 1. The minimum atomic E-state index is -4.48. The van der Waals surface area contributed by atoms with Crippen molar-refractivity contribution in [1.29, 1.82) is 5.26 Å². The molecule has 166 valence electrons. The van der Waals surface area contributed by atoms with Crippen molar-refractivity contribution in [2.75, 3.05) is 6.61 Å². The van der Waals surface area contributed by atoms with Gasteiger partial charge in [-0.15, -0.1) is 5.53 Å². The fourth-order valence-corrected chi connectivity index (χ4v) is 4.34. The van der Waals surface area contributed by atoms with E-state index in [1.54, 1.807) is 24.4 Å². The van der Waals surface area contributed by atoms with Crippen LogP contribution < -0.4 is 11.0 Å². The lowest BCUT2D eigenvalue weighted by Gasteiger charge is -2.30. The number of aromatic nitrogens is 3. The van der Waals surface area contributed by atoms with E-state index in [0.29, 0.717) is 23.5 Å². The smallest absolute Gasteiger partial charge is 0.378 e. The van der Waals surface area contributed by atoms with Crippen molar-refractivity contribution in [2.24, 2.45) is 0 Å². The first-order valence-corrected chi connectivity index (χ1v) is 10.2. The first-order chi connectivity index (χ1) is 15.3. The van der Waals surface area contributed by atoms with Gasteiger partial charge in [-0.1, -0.05) is 0 Å². The molecule has 0 amide bonds. The normalized spacial score (nSPS) is 21.6. The van der Waals surface area contributed by atoms with Gasteiger partial charge in [0.15, 0.2) is 0 Å². The lowest BCUT2D eigenvalue weighted by atomic mass is 10.0. The zero-order valence-corrected chi connectivity index (χ0v) is 17.1. The van der Waals surface area contributed by atoms with Crippen LogP contribution in [-0.4, -0.2) is 38.4 Å². The van der Waals surface area contributed by atoms with E-state index in [4.69, 9.17) is 9.72 Å². The average molecular weight is 443 g/mol. The Morgan fingerprint density at radius 2 is 2.16 bits per heavy atom. The molecule has 32 heavy (non-hydrogen) atoms. The lowest BCUT2D eigenvalue weighted by Crippen LogP contribution is -2.38. The van der Waals surface area contributed by atoms with Gasteiger partial charge in [-0.3, -0.25) is 15.4 Å². The molecule has 4 heterocycles. The summed E-state index contributed by atoms with van der Waals surface area (Å²) in [6, 6.07) is 7.50. The van der Waals surface area contributed by atoms with E-state index in [1.807, 2.05) is 6.92 Å². The second kappa shape index (κ2) is 7.65. The third-order valence-electron chi connectivity index (χ3n) is 5.78. The summed E-state index contributed by atoms with van der Waals surface area (Å²) in [7, 11) is 0. The van der Waals surface area contributed by atoms with E-state index in [0.717, 1.165) is 35.5 Å². The van der Waals surface area contributed by atoms with Gasteiger partial charge in [-0.2, -0.15) is 18.4 Å². The molecule has 0 radical (unpaired) electrons. The van der Waals surface area contributed by atoms with Gasteiger partial charge < -0.3 is 9.30 Å². The van der Waals surface area contributed by atoms with Crippen molar-refractivity contribution in [3.63, 3.8) is 0 Å². The molecule has 2 atom stereocenters. The van der Waals surface area contributed by atoms with Gasteiger partial charge in [-0.05, 0) is 38.0 Å². The molecule has 2 N–H and O–H groups in total. The summed E-state index contributed by atoms with van der Waals surface area (Å²) in [4.78, 5) is 9.19. The summed E-state index contributed by atoms with van der Waals surface area (Å²) in [5.41, 5.74) is 6.51. The quantitative estimate of drug-likeness (QED) is 0.641. The topological polar surface area (TPSA) is 91.0 Å². The van der Waals surface area contributed by atoms with Crippen LogP contribution >= 0.6 is 0 Å². The Kier molecular flexibility index (Phi) is 4.91. The van der Waals surface area contributed by atoms with Gasteiger partial charge in [0.25, 0.3) is 0 Å². The molecule has 8 nitrogen and oxygen atoms in total. The second-order valence-electron chi connectivity index (χ2n) is 8.00. The number of alkyl halides is 3. The molecular formula is C21H20F3N7O. The van der Waals surface area contributed by atoms with E-state index < -0.39 is 11.9 Å². The molecule has 0 saturated carbocycles. The van der Waals surface area contributed by atoms with Crippen molar-refractivity contribution in [2.45, 2.75) is 44.6 Å². The van der Waals surface area contributed by atoms with Crippen LogP contribution in [0.15, 0.2) is 36.3 Å². The maximum Gasteiger partial charge on any atom is 0.433 e. The molecule has 0 spiro atoms. The number of nitrogens with zero attached hydrogens (tertiary/aromatic N) is 5. The highest BCUT2D eigenvalue weighted by atomic mass is 19.4. The van der Waals surface area contributed by atoms with Crippen molar-refractivity contribution in [1.82, 2.24) is 30.5 Å². The van der Waals surface area contributed by atoms with E-state index in [-0.39, 0.29) is 18.7 Å². The summed E-state index contributed by atoms with van der Waals surface area (Å²) in [5, 5.41) is 11.5. The first-order valence-electron chi connectivity index (χ1n) is 10.2. The highest BCUT2D eigenvalue weighted by Crippen LogP contribution is 2.34. The minimum Gasteiger partial charge on any atom is -0.378 e. The molecule has 11 heteroatoms. The Labute approximate surface area is 181 Å². The summed E-state index contributed by atoms with van der Waals surface area (Å²) < 4.78 is 46.9. The SMILES string of the molecule is C[C@@H]1C[C@H](n2c(CN3C=C(C(F)(F)F)NN3)nc3cnc4ccc(C#N)cc4c32)CCO1. The van der Waals surface area contributed by atoms with Crippen LogP contribution in [0.5, 0.6) is 0 Å². The second-order valence-corrected chi connectivity index (χ2v) is 8.00. The van der Waals surface area contributed by atoms with Crippen LogP contribution in [0, 0.1) is 11.3 Å². The number of hydrogen-bond donors (Lipinski definition) is 2. The fraction of sp³-hybridized carbons (Fsp3) is 0.381. The van der Waals surface area contributed by atoms with Crippen LogP contribution in [0.4, 0.5) is 13.2 Å². The predicted molar refractivity (Wildman–Crippen MR) is 109 cm³/mol. The number of rotatable bonds is 3. The monoisotopic (exact) mass is 443 g/mol. The van der Waals surface area contributed by atoms with Gasteiger partial charge in [0.1, 0.15) is 17.0 Å². The van der Waals surface area contributed by atoms with Crippen LogP contribution in [-0.2, 0) is 11.3 Å². The standard InChI is InChI=1S/C21H20F3N7O/c1-12-6-14(4-5-32-12)31-19(11-30-10-18(28-29-30)21(22,23)24)27-17-9-26-16-3-2-13(8-25)7-15(16)20(17)31/h2-3,7,9-10,12,14,28-29H,4-6,11H2,1H3/t12-,14-/m1/s1. The van der Waals surface area contributed by atoms with E-state index in [9.17, 15) is 18.4 Å². The molecule has 0 bridgehead atoms.